The number of pyridine rings is 2. The van der Waals surface area contributed by atoms with Crippen LogP contribution in [0.3, 0.4) is 0 Å². The lowest BCUT2D eigenvalue weighted by Gasteiger charge is -2.22. The van der Waals surface area contributed by atoms with Gasteiger partial charge in [0.25, 0.3) is 0 Å². The molecule has 0 radical (unpaired) electrons. The average molecular weight is 426 g/mol. The molecule has 0 unspecified atom stereocenters. The highest BCUT2D eigenvalue weighted by Gasteiger charge is 2.17. The van der Waals surface area contributed by atoms with Gasteiger partial charge in [-0.25, -0.2) is 0 Å². The lowest BCUT2D eigenvalue weighted by Crippen LogP contribution is -2.25. The molecule has 0 atom stereocenters. The summed E-state index contributed by atoms with van der Waals surface area (Å²) in [5, 5.41) is 14.9. The van der Waals surface area contributed by atoms with Crippen molar-refractivity contribution < 1.29 is 14.6 Å². The number of aromatic nitrogens is 2. The van der Waals surface area contributed by atoms with Crippen molar-refractivity contribution in [3.63, 3.8) is 0 Å². The van der Waals surface area contributed by atoms with Crippen molar-refractivity contribution in [3.8, 4) is 5.75 Å². The number of benzene rings is 1. The van der Waals surface area contributed by atoms with Crippen LogP contribution in [-0.2, 0) is 28.9 Å². The molecule has 3 aromatic rings. The summed E-state index contributed by atoms with van der Waals surface area (Å²) in [5.74, 6) is 0.383. The Hall–Kier alpha value is -2.70. The molecule has 3 heterocycles. The molecular formula is C23H24ClN3O3. The predicted molar refractivity (Wildman–Crippen MR) is 115 cm³/mol. The Morgan fingerprint density at radius 2 is 1.90 bits per heavy atom. The van der Waals surface area contributed by atoms with E-state index in [-0.39, 0.29) is 18.1 Å². The molecule has 7 heteroatoms. The van der Waals surface area contributed by atoms with E-state index in [1.54, 1.807) is 18.3 Å². The smallest absolute Gasteiger partial charge is 0.226 e. The monoisotopic (exact) mass is 425 g/mol. The van der Waals surface area contributed by atoms with Gasteiger partial charge in [-0.05, 0) is 54.5 Å². The quantitative estimate of drug-likeness (QED) is 0.627. The van der Waals surface area contributed by atoms with Gasteiger partial charge in [0.1, 0.15) is 5.75 Å². The van der Waals surface area contributed by atoms with Crippen molar-refractivity contribution in [2.75, 3.05) is 13.2 Å². The number of carbonyl (C=O) groups excluding carboxylic acids is 1. The Morgan fingerprint density at radius 1 is 1.13 bits per heavy atom. The van der Waals surface area contributed by atoms with Crippen LogP contribution < -0.4 is 5.32 Å². The number of ether oxygens (including phenoxy) is 1. The third-order valence-electron chi connectivity index (χ3n) is 5.44. The second-order valence-electron chi connectivity index (χ2n) is 7.67. The van der Waals surface area contributed by atoms with Gasteiger partial charge in [0.15, 0.2) is 0 Å². The summed E-state index contributed by atoms with van der Waals surface area (Å²) in [6, 6.07) is 9.25. The zero-order valence-corrected chi connectivity index (χ0v) is 17.4. The molecule has 1 aliphatic rings. The van der Waals surface area contributed by atoms with E-state index < -0.39 is 0 Å². The van der Waals surface area contributed by atoms with Crippen LogP contribution in [0, 0.1) is 5.92 Å². The number of halogens is 1. The Kier molecular flexibility index (Phi) is 6.45. The van der Waals surface area contributed by atoms with Crippen LogP contribution in [0.25, 0.3) is 10.9 Å². The molecule has 6 nitrogen and oxygen atoms in total. The summed E-state index contributed by atoms with van der Waals surface area (Å²) in [4.78, 5) is 21.1. The second-order valence-corrected chi connectivity index (χ2v) is 8.11. The van der Waals surface area contributed by atoms with Gasteiger partial charge in [-0.1, -0.05) is 23.7 Å². The SMILES string of the molecule is O=C(Cc1ncc2ncc(CC3CCOCC3)cc2c1O)NCc1ccc(Cl)cc1. The number of nitrogens with zero attached hydrogens (tertiary/aromatic N) is 2. The number of nitrogens with one attached hydrogen (secondary N) is 1. The maximum absolute atomic E-state index is 12.4. The Bertz CT molecular complexity index is 1030. The van der Waals surface area contributed by atoms with Gasteiger partial charge in [0, 0.05) is 36.4 Å². The van der Waals surface area contributed by atoms with E-state index in [1.165, 1.54) is 0 Å². The van der Waals surface area contributed by atoms with E-state index >= 15 is 0 Å². The molecule has 1 aromatic carbocycles. The molecule has 0 saturated carbocycles. The molecule has 1 amide bonds. The fraction of sp³-hybridized carbons (Fsp3) is 0.348. The van der Waals surface area contributed by atoms with Crippen molar-refractivity contribution >= 4 is 28.4 Å². The minimum atomic E-state index is -0.210. The van der Waals surface area contributed by atoms with Gasteiger partial charge in [-0.3, -0.25) is 14.8 Å². The normalized spacial score (nSPS) is 14.7. The summed E-state index contributed by atoms with van der Waals surface area (Å²) in [7, 11) is 0. The van der Waals surface area contributed by atoms with Crippen LogP contribution in [0.5, 0.6) is 5.75 Å². The molecule has 1 fully saturated rings. The molecule has 1 aliphatic heterocycles. The molecule has 30 heavy (non-hydrogen) atoms. The van der Waals surface area contributed by atoms with Crippen LogP contribution in [0.2, 0.25) is 5.02 Å². The molecule has 0 aliphatic carbocycles. The van der Waals surface area contributed by atoms with Crippen LogP contribution in [-0.4, -0.2) is 34.2 Å². The number of amides is 1. The van der Waals surface area contributed by atoms with Crippen molar-refractivity contribution in [2.45, 2.75) is 32.2 Å². The predicted octanol–water partition coefficient (Wildman–Crippen LogP) is 3.82. The molecule has 4 rings (SSSR count). The van der Waals surface area contributed by atoms with E-state index in [2.05, 4.69) is 15.3 Å². The first-order valence-corrected chi connectivity index (χ1v) is 10.5. The topological polar surface area (TPSA) is 84.3 Å². The minimum Gasteiger partial charge on any atom is -0.505 e. The van der Waals surface area contributed by atoms with Crippen molar-refractivity contribution in [2.24, 2.45) is 5.92 Å². The van der Waals surface area contributed by atoms with Crippen LogP contribution >= 0.6 is 11.6 Å². The van der Waals surface area contributed by atoms with Crippen molar-refractivity contribution in [3.05, 3.63) is 64.6 Å². The number of aromatic hydroxyl groups is 1. The van der Waals surface area contributed by atoms with Gasteiger partial charge in [-0.15, -0.1) is 0 Å². The largest absolute Gasteiger partial charge is 0.505 e. The van der Waals surface area contributed by atoms with E-state index in [9.17, 15) is 9.90 Å². The summed E-state index contributed by atoms with van der Waals surface area (Å²) in [5.41, 5.74) is 2.99. The Morgan fingerprint density at radius 3 is 2.67 bits per heavy atom. The molecular weight excluding hydrogens is 402 g/mol. The lowest BCUT2D eigenvalue weighted by molar-refractivity contribution is -0.120. The summed E-state index contributed by atoms with van der Waals surface area (Å²) < 4.78 is 5.43. The number of carbonyl (C=O) groups is 1. The molecule has 2 aromatic heterocycles. The zero-order chi connectivity index (χ0) is 20.9. The van der Waals surface area contributed by atoms with Crippen LogP contribution in [0.15, 0.2) is 42.7 Å². The number of fused-ring (bicyclic) bond motifs is 1. The van der Waals surface area contributed by atoms with Crippen LogP contribution in [0.4, 0.5) is 0 Å². The highest BCUT2D eigenvalue weighted by atomic mass is 35.5. The minimum absolute atomic E-state index is 0.000442. The first kappa shape index (κ1) is 20.6. The average Bonchev–Trinajstić information content (AvgIpc) is 2.76. The van der Waals surface area contributed by atoms with E-state index in [0.29, 0.717) is 34.1 Å². The highest BCUT2D eigenvalue weighted by molar-refractivity contribution is 6.30. The van der Waals surface area contributed by atoms with E-state index in [4.69, 9.17) is 16.3 Å². The number of rotatable bonds is 6. The van der Waals surface area contributed by atoms with Gasteiger partial charge in [0.2, 0.25) is 5.91 Å². The lowest BCUT2D eigenvalue weighted by atomic mass is 9.92. The Labute approximate surface area is 180 Å². The fourth-order valence-corrected chi connectivity index (χ4v) is 3.84. The van der Waals surface area contributed by atoms with Crippen LogP contribution in [0.1, 0.15) is 29.7 Å². The maximum atomic E-state index is 12.4. The first-order chi connectivity index (χ1) is 14.6. The standard InChI is InChI=1S/C23H24ClN3O3/c24-18-3-1-16(2-4-18)12-27-22(28)11-20-23(29)19-10-17(13-25-21(19)14-26-20)9-15-5-7-30-8-6-15/h1-4,10,13-15,29H,5-9,11-12H2,(H,27,28). The first-order valence-electron chi connectivity index (χ1n) is 10.1. The number of hydrogen-bond acceptors (Lipinski definition) is 5. The third-order valence-corrected chi connectivity index (χ3v) is 5.69. The molecule has 0 bridgehead atoms. The second kappa shape index (κ2) is 9.41. The zero-order valence-electron chi connectivity index (χ0n) is 16.6. The van der Waals surface area contributed by atoms with Gasteiger partial charge in [-0.2, -0.15) is 0 Å². The van der Waals surface area contributed by atoms with Gasteiger partial charge >= 0.3 is 0 Å². The molecule has 2 N–H and O–H groups in total. The summed E-state index contributed by atoms with van der Waals surface area (Å²) >= 11 is 5.88. The Balaban J connectivity index is 1.44. The van der Waals surface area contributed by atoms with Gasteiger partial charge in [0.05, 0.1) is 23.8 Å². The van der Waals surface area contributed by atoms with E-state index in [1.807, 2.05) is 24.4 Å². The maximum Gasteiger partial charge on any atom is 0.226 e. The summed E-state index contributed by atoms with van der Waals surface area (Å²) in [6.45, 7) is 1.99. The van der Waals surface area contributed by atoms with Crippen molar-refractivity contribution in [1.82, 2.24) is 15.3 Å². The highest BCUT2D eigenvalue weighted by Crippen LogP contribution is 2.28. The third kappa shape index (κ3) is 5.07. The van der Waals surface area contributed by atoms with E-state index in [0.717, 1.165) is 43.6 Å². The summed E-state index contributed by atoms with van der Waals surface area (Å²) in [6.07, 6.45) is 6.44. The van der Waals surface area contributed by atoms with Gasteiger partial charge < -0.3 is 15.2 Å². The molecule has 0 spiro atoms. The molecule has 156 valence electrons. The molecule has 1 saturated heterocycles. The fourth-order valence-electron chi connectivity index (χ4n) is 3.71. The number of hydrogen-bond donors (Lipinski definition) is 2. The van der Waals surface area contributed by atoms with Crippen molar-refractivity contribution in [1.29, 1.82) is 0 Å².